The summed E-state index contributed by atoms with van der Waals surface area (Å²) in [7, 11) is -3.58. The molecule has 0 saturated heterocycles. The van der Waals surface area contributed by atoms with Gasteiger partial charge < -0.3 is 4.74 Å². The van der Waals surface area contributed by atoms with E-state index in [0.29, 0.717) is 22.3 Å². The van der Waals surface area contributed by atoms with E-state index >= 15 is 0 Å². The van der Waals surface area contributed by atoms with Crippen LogP contribution in [0.15, 0.2) is 97.1 Å². The van der Waals surface area contributed by atoms with Crippen molar-refractivity contribution in [3.8, 4) is 34.0 Å². The topological polar surface area (TPSA) is 101 Å². The lowest BCUT2D eigenvalue weighted by molar-refractivity contribution is 0.483. The van der Waals surface area contributed by atoms with Gasteiger partial charge >= 0.3 is 0 Å². The molecule has 0 aliphatic rings. The molecule has 0 bridgehead atoms. The lowest BCUT2D eigenvalue weighted by Crippen LogP contribution is -2.29. The number of sulfonamides is 1. The third-order valence-electron chi connectivity index (χ3n) is 5.67. The van der Waals surface area contributed by atoms with Crippen molar-refractivity contribution >= 4 is 27.3 Å². The zero-order valence-corrected chi connectivity index (χ0v) is 21.3. The quantitative estimate of drug-likeness (QED) is 0.266. The Morgan fingerprint density at radius 3 is 2.16 bits per heavy atom. The standard InChI is InChI=1S/C27H22ClN5O3S/c1-37(34,35)33(18-19-7-9-21(10-8-19)27-29-31-32-30-27)22-13-16-25(26(28)17-22)20-11-14-24(15-12-20)36-23-5-3-2-4-6-23/h2-17H,18H2,1H3,(H,29,30,31,32). The summed E-state index contributed by atoms with van der Waals surface area (Å²) in [5.41, 5.74) is 3.72. The molecule has 5 rings (SSSR count). The zero-order chi connectivity index (χ0) is 25.8. The number of nitrogens with zero attached hydrogens (tertiary/aromatic N) is 4. The van der Waals surface area contributed by atoms with Crippen molar-refractivity contribution in [2.24, 2.45) is 0 Å². The lowest BCUT2D eigenvalue weighted by Gasteiger charge is -2.23. The van der Waals surface area contributed by atoms with Crippen molar-refractivity contribution in [3.05, 3.63) is 108 Å². The lowest BCUT2D eigenvalue weighted by atomic mass is 10.0. The van der Waals surface area contributed by atoms with E-state index in [1.165, 1.54) is 10.6 Å². The van der Waals surface area contributed by atoms with Gasteiger partial charge in [-0.3, -0.25) is 4.31 Å². The first-order chi connectivity index (χ1) is 17.9. The fraction of sp³-hybridized carbons (Fsp3) is 0.0741. The van der Waals surface area contributed by atoms with Crippen LogP contribution in [-0.2, 0) is 16.6 Å². The number of rotatable bonds is 8. The molecule has 0 amide bonds. The highest BCUT2D eigenvalue weighted by Gasteiger charge is 2.19. The van der Waals surface area contributed by atoms with Gasteiger partial charge in [0.25, 0.3) is 0 Å². The number of hydrogen-bond donors (Lipinski definition) is 1. The highest BCUT2D eigenvalue weighted by molar-refractivity contribution is 7.92. The Kier molecular flexibility index (Phi) is 6.89. The largest absolute Gasteiger partial charge is 0.457 e. The Labute approximate surface area is 219 Å². The predicted molar refractivity (Wildman–Crippen MR) is 144 cm³/mol. The summed E-state index contributed by atoms with van der Waals surface area (Å²) in [6, 6.07) is 29.7. The maximum Gasteiger partial charge on any atom is 0.232 e. The number of para-hydroxylation sites is 1. The second-order valence-corrected chi connectivity index (χ2v) is 10.6. The summed E-state index contributed by atoms with van der Waals surface area (Å²) in [5, 5.41) is 14.3. The molecule has 0 spiro atoms. The van der Waals surface area contributed by atoms with E-state index in [-0.39, 0.29) is 6.54 Å². The molecule has 4 aromatic carbocycles. The van der Waals surface area contributed by atoms with Gasteiger partial charge in [-0.1, -0.05) is 72.3 Å². The van der Waals surface area contributed by atoms with E-state index < -0.39 is 10.0 Å². The molecule has 0 fully saturated rings. The summed E-state index contributed by atoms with van der Waals surface area (Å²) in [5.74, 6) is 1.92. The van der Waals surface area contributed by atoms with E-state index in [1.54, 1.807) is 12.1 Å². The van der Waals surface area contributed by atoms with Gasteiger partial charge in [0.05, 0.1) is 23.5 Å². The number of hydrogen-bond acceptors (Lipinski definition) is 6. The van der Waals surface area contributed by atoms with Crippen LogP contribution in [0.5, 0.6) is 11.5 Å². The number of benzene rings is 4. The van der Waals surface area contributed by atoms with Gasteiger partial charge in [-0.25, -0.2) is 8.42 Å². The Hall–Kier alpha value is -4.21. The maximum absolute atomic E-state index is 12.7. The molecule has 8 nitrogen and oxygen atoms in total. The monoisotopic (exact) mass is 531 g/mol. The number of tetrazole rings is 1. The number of aromatic nitrogens is 4. The first-order valence-corrected chi connectivity index (χ1v) is 13.5. The first kappa shape index (κ1) is 24.5. The fourth-order valence-corrected chi connectivity index (χ4v) is 4.99. The average Bonchev–Trinajstić information content (AvgIpc) is 3.43. The summed E-state index contributed by atoms with van der Waals surface area (Å²) in [6.07, 6.45) is 1.17. The minimum atomic E-state index is -3.58. The van der Waals surface area contributed by atoms with Gasteiger partial charge in [0, 0.05) is 11.1 Å². The van der Waals surface area contributed by atoms with E-state index in [0.717, 1.165) is 28.0 Å². The van der Waals surface area contributed by atoms with Crippen LogP contribution in [-0.4, -0.2) is 35.3 Å². The summed E-state index contributed by atoms with van der Waals surface area (Å²) in [6.45, 7) is 0.145. The molecule has 1 heterocycles. The van der Waals surface area contributed by atoms with Crippen molar-refractivity contribution in [1.82, 2.24) is 20.6 Å². The van der Waals surface area contributed by atoms with Crippen molar-refractivity contribution in [1.29, 1.82) is 0 Å². The van der Waals surface area contributed by atoms with Crippen LogP contribution in [0.3, 0.4) is 0 Å². The van der Waals surface area contributed by atoms with Gasteiger partial charge in [-0.2, -0.15) is 5.21 Å². The fourth-order valence-electron chi connectivity index (χ4n) is 3.83. The predicted octanol–water partition coefficient (Wildman–Crippen LogP) is 5.95. The molecule has 37 heavy (non-hydrogen) atoms. The Morgan fingerprint density at radius 1 is 0.865 bits per heavy atom. The summed E-state index contributed by atoms with van der Waals surface area (Å²) in [4.78, 5) is 0. The maximum atomic E-state index is 12.7. The van der Waals surface area contributed by atoms with Crippen molar-refractivity contribution in [2.75, 3.05) is 10.6 Å². The number of H-pyrrole nitrogens is 1. The molecule has 0 unspecified atom stereocenters. The van der Waals surface area contributed by atoms with Crippen LogP contribution < -0.4 is 9.04 Å². The smallest absolute Gasteiger partial charge is 0.232 e. The van der Waals surface area contributed by atoms with Crippen molar-refractivity contribution in [2.45, 2.75) is 6.54 Å². The van der Waals surface area contributed by atoms with Gasteiger partial charge in [0.2, 0.25) is 15.8 Å². The molecule has 0 atom stereocenters. The number of anilines is 1. The van der Waals surface area contributed by atoms with Crippen LogP contribution in [0.1, 0.15) is 5.56 Å². The van der Waals surface area contributed by atoms with Crippen molar-refractivity contribution < 1.29 is 13.2 Å². The van der Waals surface area contributed by atoms with E-state index in [4.69, 9.17) is 16.3 Å². The molecule has 0 aliphatic carbocycles. The first-order valence-electron chi connectivity index (χ1n) is 11.3. The minimum Gasteiger partial charge on any atom is -0.457 e. The Morgan fingerprint density at radius 2 is 1.54 bits per heavy atom. The van der Waals surface area contributed by atoms with Crippen LogP contribution in [0.4, 0.5) is 5.69 Å². The number of nitrogens with one attached hydrogen (secondary N) is 1. The molecular weight excluding hydrogens is 510 g/mol. The third-order valence-corrected chi connectivity index (χ3v) is 7.12. The molecule has 5 aromatic rings. The summed E-state index contributed by atoms with van der Waals surface area (Å²) < 4.78 is 32.5. The number of aromatic amines is 1. The number of ether oxygens (including phenoxy) is 1. The highest BCUT2D eigenvalue weighted by atomic mass is 35.5. The third kappa shape index (κ3) is 5.79. The molecule has 0 radical (unpaired) electrons. The van der Waals surface area contributed by atoms with Crippen LogP contribution in [0.25, 0.3) is 22.5 Å². The second kappa shape index (κ2) is 10.4. The molecular formula is C27H22ClN5O3S. The van der Waals surface area contributed by atoms with E-state index in [1.807, 2.05) is 84.9 Å². The van der Waals surface area contributed by atoms with Crippen LogP contribution in [0, 0.1) is 0 Å². The van der Waals surface area contributed by atoms with Gasteiger partial charge in [-0.15, -0.1) is 10.2 Å². The molecule has 10 heteroatoms. The summed E-state index contributed by atoms with van der Waals surface area (Å²) >= 11 is 6.63. The molecule has 1 aromatic heterocycles. The SMILES string of the molecule is CS(=O)(=O)N(Cc1ccc(-c2nn[nH]n2)cc1)c1ccc(-c2ccc(Oc3ccccc3)cc2)c(Cl)c1. The molecule has 186 valence electrons. The molecule has 0 aliphatic heterocycles. The second-order valence-electron chi connectivity index (χ2n) is 8.31. The van der Waals surface area contributed by atoms with Gasteiger partial charge in [-0.05, 0) is 52.7 Å². The molecule has 0 saturated carbocycles. The average molecular weight is 532 g/mol. The van der Waals surface area contributed by atoms with Crippen molar-refractivity contribution in [3.63, 3.8) is 0 Å². The highest BCUT2D eigenvalue weighted by Crippen LogP contribution is 2.34. The van der Waals surface area contributed by atoms with Crippen LogP contribution in [0.2, 0.25) is 5.02 Å². The number of halogens is 1. The Bertz CT molecular complexity index is 1590. The van der Waals surface area contributed by atoms with E-state index in [2.05, 4.69) is 20.6 Å². The van der Waals surface area contributed by atoms with Crippen LogP contribution >= 0.6 is 11.6 Å². The Balaban J connectivity index is 1.36. The minimum absolute atomic E-state index is 0.145. The normalized spacial score (nSPS) is 11.3. The van der Waals surface area contributed by atoms with E-state index in [9.17, 15) is 8.42 Å². The van der Waals surface area contributed by atoms with Gasteiger partial charge in [0.15, 0.2) is 0 Å². The van der Waals surface area contributed by atoms with Gasteiger partial charge in [0.1, 0.15) is 11.5 Å². The molecule has 1 N–H and O–H groups in total. The zero-order valence-electron chi connectivity index (χ0n) is 19.7.